The van der Waals surface area contributed by atoms with Crippen molar-refractivity contribution in [3.63, 3.8) is 0 Å². The van der Waals surface area contributed by atoms with E-state index in [9.17, 15) is 18.8 Å². The number of nitrogens with zero attached hydrogens (tertiary/aromatic N) is 2. The number of amides is 3. The molecule has 160 valence electrons. The Morgan fingerprint density at radius 3 is 2.45 bits per heavy atom. The van der Waals surface area contributed by atoms with Crippen LogP contribution in [0.25, 0.3) is 0 Å². The first kappa shape index (κ1) is 22.8. The first-order valence-corrected chi connectivity index (χ1v) is 9.96. The van der Waals surface area contributed by atoms with Gasteiger partial charge in [0.05, 0.1) is 13.1 Å². The molecule has 8 heteroatoms. The largest absolute Gasteiger partial charge is 0.350 e. The number of rotatable bonds is 6. The number of carbonyl (C=O) groups excluding carboxylic acids is 3. The zero-order valence-corrected chi connectivity index (χ0v) is 17.7. The summed E-state index contributed by atoms with van der Waals surface area (Å²) in [5.74, 6) is -0.999. The van der Waals surface area contributed by atoms with Crippen LogP contribution in [0.3, 0.4) is 0 Å². The number of hydrogen-bond donors (Lipinski definition) is 2. The second-order valence-electron chi connectivity index (χ2n) is 8.39. The van der Waals surface area contributed by atoms with Crippen LogP contribution in [-0.2, 0) is 20.8 Å². The average molecular weight is 407 g/mol. The van der Waals surface area contributed by atoms with Crippen molar-refractivity contribution in [2.24, 2.45) is 0 Å². The van der Waals surface area contributed by atoms with Crippen molar-refractivity contribution in [1.29, 1.82) is 0 Å². The van der Waals surface area contributed by atoms with E-state index < -0.39 is 5.82 Å². The molecule has 0 bridgehead atoms. The lowest BCUT2D eigenvalue weighted by Gasteiger charge is -2.24. The number of halogens is 1. The van der Waals surface area contributed by atoms with Crippen LogP contribution >= 0.6 is 0 Å². The van der Waals surface area contributed by atoms with Gasteiger partial charge < -0.3 is 15.5 Å². The van der Waals surface area contributed by atoms with E-state index in [1.165, 1.54) is 17.0 Å². The summed E-state index contributed by atoms with van der Waals surface area (Å²) < 4.78 is 13.6. The highest BCUT2D eigenvalue weighted by atomic mass is 19.1. The smallest absolute Gasteiger partial charge is 0.243 e. The van der Waals surface area contributed by atoms with Gasteiger partial charge in [-0.15, -0.1) is 0 Å². The second kappa shape index (κ2) is 9.82. The molecule has 0 aromatic heterocycles. The fourth-order valence-corrected chi connectivity index (χ4v) is 3.20. The van der Waals surface area contributed by atoms with Crippen LogP contribution in [0.1, 0.15) is 39.7 Å². The van der Waals surface area contributed by atoms with Gasteiger partial charge in [0.15, 0.2) is 0 Å². The fourth-order valence-electron chi connectivity index (χ4n) is 3.20. The van der Waals surface area contributed by atoms with E-state index in [1.54, 1.807) is 6.07 Å². The van der Waals surface area contributed by atoms with Crippen molar-refractivity contribution in [1.82, 2.24) is 15.1 Å². The second-order valence-corrected chi connectivity index (χ2v) is 8.39. The molecule has 0 aliphatic carbocycles. The Kier molecular flexibility index (Phi) is 7.73. The predicted octanol–water partition coefficient (Wildman–Crippen LogP) is 1.78. The van der Waals surface area contributed by atoms with Crippen molar-refractivity contribution in [3.8, 4) is 0 Å². The maximum atomic E-state index is 13.6. The van der Waals surface area contributed by atoms with Gasteiger partial charge in [-0.3, -0.25) is 19.3 Å². The minimum Gasteiger partial charge on any atom is -0.350 e. The van der Waals surface area contributed by atoms with Gasteiger partial charge in [0, 0.05) is 37.3 Å². The van der Waals surface area contributed by atoms with Gasteiger partial charge in [-0.25, -0.2) is 4.39 Å². The van der Waals surface area contributed by atoms with Crippen LogP contribution in [0.5, 0.6) is 0 Å². The fraction of sp³-hybridized carbons (Fsp3) is 0.571. The van der Waals surface area contributed by atoms with Gasteiger partial charge in [-0.05, 0) is 51.0 Å². The molecule has 0 saturated carbocycles. The molecule has 1 aromatic rings. The molecule has 1 aliphatic heterocycles. The van der Waals surface area contributed by atoms with Gasteiger partial charge in [-0.2, -0.15) is 0 Å². The first-order chi connectivity index (χ1) is 13.6. The van der Waals surface area contributed by atoms with Crippen LogP contribution in [-0.4, -0.2) is 65.8 Å². The number of hydrogen-bond acceptors (Lipinski definition) is 4. The molecule has 29 heavy (non-hydrogen) atoms. The maximum Gasteiger partial charge on any atom is 0.243 e. The zero-order valence-electron chi connectivity index (χ0n) is 17.7. The van der Waals surface area contributed by atoms with Crippen molar-refractivity contribution in [2.75, 3.05) is 38.0 Å². The Balaban J connectivity index is 1.89. The summed E-state index contributed by atoms with van der Waals surface area (Å²) in [5.41, 5.74) is 0.863. The lowest BCUT2D eigenvalue weighted by atomic mass is 10.1. The monoisotopic (exact) mass is 406 g/mol. The van der Waals surface area contributed by atoms with Crippen molar-refractivity contribution in [2.45, 2.75) is 46.1 Å². The third-order valence-electron chi connectivity index (χ3n) is 4.55. The summed E-state index contributed by atoms with van der Waals surface area (Å²) in [6.07, 6.45) is 0.903. The van der Waals surface area contributed by atoms with E-state index in [0.717, 1.165) is 5.56 Å². The molecular formula is C21H31FN4O3. The molecule has 1 saturated heterocycles. The van der Waals surface area contributed by atoms with Crippen LogP contribution in [0.4, 0.5) is 10.1 Å². The number of aryl methyl sites for hydroxylation is 1. The summed E-state index contributed by atoms with van der Waals surface area (Å²) in [5, 5.41) is 5.57. The Bertz CT molecular complexity index is 761. The lowest BCUT2D eigenvalue weighted by Crippen LogP contribution is -2.46. The summed E-state index contributed by atoms with van der Waals surface area (Å²) in [7, 11) is 0. The summed E-state index contributed by atoms with van der Waals surface area (Å²) in [4.78, 5) is 40.2. The van der Waals surface area contributed by atoms with Gasteiger partial charge in [0.2, 0.25) is 17.7 Å². The average Bonchev–Trinajstić information content (AvgIpc) is 2.75. The molecule has 1 heterocycles. The normalized spacial score (nSPS) is 15.8. The summed E-state index contributed by atoms with van der Waals surface area (Å²) in [6.45, 7) is 9.11. The van der Waals surface area contributed by atoms with Crippen LogP contribution < -0.4 is 10.6 Å². The minimum absolute atomic E-state index is 0.0889. The molecule has 2 N–H and O–H groups in total. The third kappa shape index (κ3) is 7.81. The van der Waals surface area contributed by atoms with Crippen molar-refractivity contribution < 1.29 is 18.8 Å². The molecule has 2 rings (SSSR count). The van der Waals surface area contributed by atoms with Gasteiger partial charge >= 0.3 is 0 Å². The molecule has 0 atom stereocenters. The van der Waals surface area contributed by atoms with Crippen molar-refractivity contribution >= 4 is 23.4 Å². The molecule has 7 nitrogen and oxygen atoms in total. The Hall–Kier alpha value is -2.48. The maximum absolute atomic E-state index is 13.6. The summed E-state index contributed by atoms with van der Waals surface area (Å²) in [6, 6.07) is 4.41. The molecule has 1 aliphatic rings. The zero-order chi connectivity index (χ0) is 21.6. The van der Waals surface area contributed by atoms with Crippen LogP contribution in [0, 0.1) is 5.82 Å². The predicted molar refractivity (Wildman–Crippen MR) is 110 cm³/mol. The Morgan fingerprint density at radius 1 is 1.07 bits per heavy atom. The quantitative estimate of drug-likeness (QED) is 0.755. The molecule has 0 spiro atoms. The van der Waals surface area contributed by atoms with Gasteiger partial charge in [0.25, 0.3) is 0 Å². The van der Waals surface area contributed by atoms with Gasteiger partial charge in [-0.1, -0.05) is 6.92 Å². The van der Waals surface area contributed by atoms with E-state index in [2.05, 4.69) is 10.6 Å². The third-order valence-corrected chi connectivity index (χ3v) is 4.55. The van der Waals surface area contributed by atoms with E-state index in [4.69, 9.17) is 0 Å². The molecular weight excluding hydrogens is 375 g/mol. The molecule has 0 unspecified atom stereocenters. The van der Waals surface area contributed by atoms with E-state index in [1.807, 2.05) is 32.6 Å². The topological polar surface area (TPSA) is 81.8 Å². The van der Waals surface area contributed by atoms with E-state index in [0.29, 0.717) is 31.7 Å². The molecule has 1 fully saturated rings. The highest BCUT2D eigenvalue weighted by Gasteiger charge is 2.24. The highest BCUT2D eigenvalue weighted by molar-refractivity contribution is 5.94. The molecule has 3 amide bonds. The first-order valence-electron chi connectivity index (χ1n) is 9.96. The van der Waals surface area contributed by atoms with E-state index in [-0.39, 0.29) is 42.8 Å². The minimum atomic E-state index is -0.408. The Morgan fingerprint density at radius 2 is 1.79 bits per heavy atom. The van der Waals surface area contributed by atoms with Crippen molar-refractivity contribution in [3.05, 3.63) is 29.6 Å². The van der Waals surface area contributed by atoms with Crippen LogP contribution in [0.2, 0.25) is 0 Å². The molecule has 1 aromatic carbocycles. The number of anilines is 1. The number of carbonyl (C=O) groups is 3. The number of nitrogens with one attached hydrogen (secondary N) is 2. The standard InChI is InChI=1S/C21H31FN4O3/c1-5-15-10-16(22)12-17(11-15)23-18(27)14-26-9-8-25(7-6-20(26)29)13-19(28)24-21(2,3)4/h10-12H,5-9,13-14H2,1-4H3,(H,23,27)(H,24,28). The Labute approximate surface area is 171 Å². The van der Waals surface area contributed by atoms with Crippen LogP contribution in [0.15, 0.2) is 18.2 Å². The summed E-state index contributed by atoms with van der Waals surface area (Å²) >= 11 is 0. The van der Waals surface area contributed by atoms with E-state index >= 15 is 0 Å². The SMILES string of the molecule is CCc1cc(F)cc(NC(=O)CN2CCN(CC(=O)NC(C)(C)C)CCC2=O)c1. The molecule has 0 radical (unpaired) electrons. The van der Waals surface area contributed by atoms with Gasteiger partial charge in [0.1, 0.15) is 5.82 Å². The lowest BCUT2D eigenvalue weighted by molar-refractivity contribution is -0.133. The number of benzene rings is 1. The highest BCUT2D eigenvalue weighted by Crippen LogP contribution is 2.15.